The minimum atomic E-state index is -1.13. The molecule has 0 fully saturated rings. The van der Waals surface area contributed by atoms with Gasteiger partial charge in [0.1, 0.15) is 0 Å². The van der Waals surface area contributed by atoms with Crippen LogP contribution >= 0.6 is 0 Å². The van der Waals surface area contributed by atoms with E-state index in [0.29, 0.717) is 6.54 Å². The van der Waals surface area contributed by atoms with Crippen LogP contribution in [0.5, 0.6) is 0 Å². The van der Waals surface area contributed by atoms with E-state index < -0.39 is 12.5 Å². The number of hydrogen-bond donors (Lipinski definition) is 1. The van der Waals surface area contributed by atoms with Crippen molar-refractivity contribution in [1.29, 1.82) is 0 Å². The molecule has 2 N–H and O–H groups in total. The topological polar surface area (TPSA) is 44.5 Å². The fourth-order valence-corrected chi connectivity index (χ4v) is 0.687. The number of halogens is 1. The molecular weight excluding hydrogens is 137 g/mol. The van der Waals surface area contributed by atoms with Crippen molar-refractivity contribution >= 4 is 0 Å². The summed E-state index contributed by atoms with van der Waals surface area (Å²) in [5, 5.41) is 0. The Bertz CT molecular complexity index is 78.1. The number of rotatable bonds is 5. The number of nitrogens with two attached hydrogens (primary N) is 1. The standard InChI is InChI=1S/C6H14FNO2/c1-9-6(10-2)5(7)3-4-8/h5-6H,3-4,8H2,1-2H3. The third-order valence-electron chi connectivity index (χ3n) is 1.20. The zero-order chi connectivity index (χ0) is 7.98. The fourth-order valence-electron chi connectivity index (χ4n) is 0.687. The summed E-state index contributed by atoms with van der Waals surface area (Å²) in [6, 6.07) is 0. The lowest BCUT2D eigenvalue weighted by Gasteiger charge is -2.16. The molecule has 0 bridgehead atoms. The van der Waals surface area contributed by atoms with Crippen molar-refractivity contribution in [3.63, 3.8) is 0 Å². The van der Waals surface area contributed by atoms with Gasteiger partial charge in [0, 0.05) is 14.2 Å². The van der Waals surface area contributed by atoms with Gasteiger partial charge in [-0.25, -0.2) is 4.39 Å². The molecule has 0 saturated carbocycles. The van der Waals surface area contributed by atoms with Crippen LogP contribution in [0.2, 0.25) is 0 Å². The zero-order valence-electron chi connectivity index (χ0n) is 6.34. The maximum absolute atomic E-state index is 12.7. The Labute approximate surface area is 60.3 Å². The van der Waals surface area contributed by atoms with Crippen LogP contribution in [0.3, 0.4) is 0 Å². The Hall–Kier alpha value is -0.190. The average Bonchev–Trinajstić information content (AvgIpc) is 1.91. The second kappa shape index (κ2) is 5.58. The Morgan fingerprint density at radius 2 is 1.90 bits per heavy atom. The highest BCUT2D eigenvalue weighted by atomic mass is 19.1. The van der Waals surface area contributed by atoms with Crippen LogP contribution < -0.4 is 5.73 Å². The molecule has 1 atom stereocenters. The Morgan fingerprint density at radius 3 is 2.20 bits per heavy atom. The molecule has 0 amide bonds. The quantitative estimate of drug-likeness (QED) is 0.574. The van der Waals surface area contributed by atoms with Gasteiger partial charge in [0.15, 0.2) is 12.5 Å². The van der Waals surface area contributed by atoms with Crippen LogP contribution in [0.25, 0.3) is 0 Å². The minimum absolute atomic E-state index is 0.270. The molecule has 0 aromatic carbocycles. The molecule has 0 spiro atoms. The molecule has 0 aliphatic carbocycles. The minimum Gasteiger partial charge on any atom is -0.353 e. The normalized spacial score (nSPS) is 14.1. The molecule has 0 aromatic heterocycles. The number of alkyl halides is 1. The molecule has 10 heavy (non-hydrogen) atoms. The van der Waals surface area contributed by atoms with Gasteiger partial charge in [-0.3, -0.25) is 0 Å². The molecule has 0 radical (unpaired) electrons. The van der Waals surface area contributed by atoms with Crippen LogP contribution in [0.15, 0.2) is 0 Å². The monoisotopic (exact) mass is 151 g/mol. The zero-order valence-corrected chi connectivity index (χ0v) is 6.34. The molecule has 0 aliphatic rings. The van der Waals surface area contributed by atoms with Crippen molar-refractivity contribution in [3.05, 3.63) is 0 Å². The molecule has 0 rings (SSSR count). The van der Waals surface area contributed by atoms with Crippen molar-refractivity contribution in [3.8, 4) is 0 Å². The van der Waals surface area contributed by atoms with E-state index in [1.165, 1.54) is 14.2 Å². The number of methoxy groups -OCH3 is 2. The highest BCUT2D eigenvalue weighted by Crippen LogP contribution is 2.06. The van der Waals surface area contributed by atoms with Gasteiger partial charge >= 0.3 is 0 Å². The number of ether oxygens (including phenoxy) is 2. The summed E-state index contributed by atoms with van der Waals surface area (Å²) in [5.41, 5.74) is 5.13. The van der Waals surface area contributed by atoms with E-state index in [2.05, 4.69) is 9.47 Å². The summed E-state index contributed by atoms with van der Waals surface area (Å²) in [7, 11) is 2.80. The largest absolute Gasteiger partial charge is 0.353 e. The van der Waals surface area contributed by atoms with E-state index >= 15 is 0 Å². The third kappa shape index (κ3) is 3.10. The first kappa shape index (κ1) is 9.81. The van der Waals surface area contributed by atoms with Gasteiger partial charge in [-0.15, -0.1) is 0 Å². The third-order valence-corrected chi connectivity index (χ3v) is 1.20. The van der Waals surface area contributed by atoms with E-state index in [0.717, 1.165) is 0 Å². The first-order valence-electron chi connectivity index (χ1n) is 3.16. The lowest BCUT2D eigenvalue weighted by atomic mass is 10.3. The fraction of sp³-hybridized carbons (Fsp3) is 1.00. The van der Waals surface area contributed by atoms with Gasteiger partial charge < -0.3 is 15.2 Å². The second-order valence-corrected chi connectivity index (χ2v) is 1.93. The van der Waals surface area contributed by atoms with E-state index in [4.69, 9.17) is 5.73 Å². The molecule has 1 unspecified atom stereocenters. The maximum atomic E-state index is 12.7. The average molecular weight is 151 g/mol. The molecular formula is C6H14FNO2. The Balaban J connectivity index is 3.53. The van der Waals surface area contributed by atoms with Gasteiger partial charge in [-0.05, 0) is 13.0 Å². The van der Waals surface area contributed by atoms with E-state index in [1.54, 1.807) is 0 Å². The molecule has 62 valence electrons. The summed E-state index contributed by atoms with van der Waals surface area (Å²) in [6.45, 7) is 0.310. The predicted octanol–water partition coefficient (Wildman–Crippen LogP) is 0.292. The van der Waals surface area contributed by atoms with Gasteiger partial charge in [-0.1, -0.05) is 0 Å². The van der Waals surface area contributed by atoms with Crippen molar-refractivity contribution in [1.82, 2.24) is 0 Å². The van der Waals surface area contributed by atoms with Crippen LogP contribution in [0.4, 0.5) is 4.39 Å². The second-order valence-electron chi connectivity index (χ2n) is 1.93. The first-order chi connectivity index (χ1) is 4.76. The van der Waals surface area contributed by atoms with Gasteiger partial charge in [0.2, 0.25) is 0 Å². The summed E-state index contributed by atoms with van der Waals surface area (Å²) in [4.78, 5) is 0. The molecule has 4 heteroatoms. The van der Waals surface area contributed by atoms with Crippen LogP contribution in [0, 0.1) is 0 Å². The van der Waals surface area contributed by atoms with E-state index in [-0.39, 0.29) is 6.42 Å². The van der Waals surface area contributed by atoms with Crippen LogP contribution in [-0.2, 0) is 9.47 Å². The van der Waals surface area contributed by atoms with Crippen LogP contribution in [0.1, 0.15) is 6.42 Å². The van der Waals surface area contributed by atoms with Crippen molar-refractivity contribution in [2.24, 2.45) is 5.73 Å². The molecule has 3 nitrogen and oxygen atoms in total. The summed E-state index contributed by atoms with van der Waals surface area (Å²) < 4.78 is 22.1. The highest BCUT2D eigenvalue weighted by molar-refractivity contribution is 4.59. The predicted molar refractivity (Wildman–Crippen MR) is 36.4 cm³/mol. The van der Waals surface area contributed by atoms with Crippen molar-refractivity contribution in [2.45, 2.75) is 18.9 Å². The van der Waals surface area contributed by atoms with E-state index in [9.17, 15) is 4.39 Å². The highest BCUT2D eigenvalue weighted by Gasteiger charge is 2.18. The van der Waals surface area contributed by atoms with E-state index in [1.807, 2.05) is 0 Å². The smallest absolute Gasteiger partial charge is 0.188 e. The Kier molecular flexibility index (Phi) is 5.48. The first-order valence-corrected chi connectivity index (χ1v) is 3.16. The molecule has 0 saturated heterocycles. The van der Waals surface area contributed by atoms with Crippen molar-refractivity contribution < 1.29 is 13.9 Å². The van der Waals surface area contributed by atoms with Gasteiger partial charge in [0.05, 0.1) is 0 Å². The summed E-state index contributed by atoms with van der Waals surface area (Å²) in [5.74, 6) is 0. The molecule has 0 aliphatic heterocycles. The van der Waals surface area contributed by atoms with Gasteiger partial charge in [0.25, 0.3) is 0 Å². The Morgan fingerprint density at radius 1 is 1.40 bits per heavy atom. The summed E-state index contributed by atoms with van der Waals surface area (Å²) >= 11 is 0. The van der Waals surface area contributed by atoms with Crippen molar-refractivity contribution in [2.75, 3.05) is 20.8 Å². The molecule has 0 heterocycles. The maximum Gasteiger partial charge on any atom is 0.188 e. The van der Waals surface area contributed by atoms with Gasteiger partial charge in [-0.2, -0.15) is 0 Å². The lowest BCUT2D eigenvalue weighted by molar-refractivity contribution is -0.143. The van der Waals surface area contributed by atoms with Crippen LogP contribution in [-0.4, -0.2) is 33.2 Å². The lowest BCUT2D eigenvalue weighted by Crippen LogP contribution is -2.28. The summed E-state index contributed by atoms with van der Waals surface area (Å²) in [6.07, 6.45) is -1.63. The molecule has 0 aromatic rings. The number of hydrogen-bond acceptors (Lipinski definition) is 3. The SMILES string of the molecule is COC(OC)C(F)CCN.